The average Bonchev–Trinajstić information content (AvgIpc) is 2.97. The minimum Gasteiger partial charge on any atom is -0.385 e. The van der Waals surface area contributed by atoms with Gasteiger partial charge in [-0.25, -0.2) is 0 Å². The Balaban J connectivity index is 1.35. The van der Waals surface area contributed by atoms with E-state index in [1.807, 2.05) is 13.1 Å². The van der Waals surface area contributed by atoms with Crippen molar-refractivity contribution in [1.29, 1.82) is 0 Å². The third-order valence-corrected chi connectivity index (χ3v) is 5.10. The molecule has 1 spiro atoms. The van der Waals surface area contributed by atoms with Crippen LogP contribution >= 0.6 is 0 Å². The van der Waals surface area contributed by atoms with E-state index in [2.05, 4.69) is 44.8 Å². The van der Waals surface area contributed by atoms with Crippen molar-refractivity contribution >= 4 is 11.6 Å². The quantitative estimate of drug-likeness (QED) is 0.499. The van der Waals surface area contributed by atoms with Crippen molar-refractivity contribution in [3.8, 4) is 0 Å². The number of hydrogen-bond acceptors (Lipinski definition) is 2. The molecule has 4 nitrogen and oxygen atoms in total. The first-order chi connectivity index (χ1) is 10.8. The highest BCUT2D eigenvalue weighted by atomic mass is 15.3. The molecule has 1 heterocycles. The molecule has 1 aliphatic carbocycles. The van der Waals surface area contributed by atoms with Crippen molar-refractivity contribution in [3.05, 3.63) is 30.3 Å². The minimum atomic E-state index is 0.631. The van der Waals surface area contributed by atoms with E-state index < -0.39 is 0 Å². The van der Waals surface area contributed by atoms with E-state index in [0.717, 1.165) is 25.5 Å². The molecule has 1 saturated heterocycles. The normalized spacial score (nSPS) is 20.0. The Morgan fingerprint density at radius 2 is 2.00 bits per heavy atom. The molecule has 1 saturated carbocycles. The summed E-state index contributed by atoms with van der Waals surface area (Å²) in [5, 5.41) is 6.96. The summed E-state index contributed by atoms with van der Waals surface area (Å²) in [6.07, 6.45) is 6.70. The maximum Gasteiger partial charge on any atom is 0.193 e. The van der Waals surface area contributed by atoms with Gasteiger partial charge in [0.15, 0.2) is 5.96 Å². The Bertz CT molecular complexity index is 493. The van der Waals surface area contributed by atoms with Crippen LogP contribution in [0.3, 0.4) is 0 Å². The van der Waals surface area contributed by atoms with Crippen molar-refractivity contribution in [1.82, 2.24) is 10.2 Å². The number of aliphatic imine (C=N–C) groups is 1. The highest BCUT2D eigenvalue weighted by Gasteiger charge is 2.43. The van der Waals surface area contributed by atoms with Crippen LogP contribution in [-0.2, 0) is 0 Å². The Kier molecular flexibility index (Phi) is 4.86. The van der Waals surface area contributed by atoms with Crippen LogP contribution in [-0.4, -0.2) is 44.1 Å². The van der Waals surface area contributed by atoms with Crippen LogP contribution in [0.4, 0.5) is 5.69 Å². The lowest BCUT2D eigenvalue weighted by atomic mass is 9.68. The number of rotatable bonds is 5. The van der Waals surface area contributed by atoms with Crippen molar-refractivity contribution in [3.63, 3.8) is 0 Å². The lowest BCUT2D eigenvalue weighted by molar-refractivity contribution is 0.151. The predicted molar refractivity (Wildman–Crippen MR) is 93.4 cm³/mol. The summed E-state index contributed by atoms with van der Waals surface area (Å²) in [7, 11) is 1.90. The summed E-state index contributed by atoms with van der Waals surface area (Å²) in [6, 6.07) is 10.4. The Morgan fingerprint density at radius 1 is 1.18 bits per heavy atom. The molecule has 2 fully saturated rings. The third-order valence-electron chi connectivity index (χ3n) is 5.10. The first kappa shape index (κ1) is 15.2. The summed E-state index contributed by atoms with van der Waals surface area (Å²) in [5.74, 6) is 1.09. The smallest absolute Gasteiger partial charge is 0.193 e. The molecule has 2 aliphatic rings. The standard InChI is InChI=1S/C18H28N4/c1-19-17(22-14-11-18(15-22)9-5-10-18)21-13-6-12-20-16-7-3-2-4-8-16/h2-4,7-8,20H,5-6,9-15H2,1H3,(H,19,21). The Hall–Kier alpha value is -1.71. The Labute approximate surface area is 134 Å². The van der Waals surface area contributed by atoms with E-state index in [0.29, 0.717) is 5.41 Å². The third kappa shape index (κ3) is 3.54. The summed E-state index contributed by atoms with van der Waals surface area (Å²) in [4.78, 5) is 6.91. The number of para-hydroxylation sites is 1. The van der Waals surface area contributed by atoms with Crippen LogP contribution in [0, 0.1) is 5.41 Å². The van der Waals surface area contributed by atoms with Gasteiger partial charge in [-0.2, -0.15) is 0 Å². The number of anilines is 1. The maximum absolute atomic E-state index is 4.46. The van der Waals surface area contributed by atoms with Crippen LogP contribution in [0.5, 0.6) is 0 Å². The van der Waals surface area contributed by atoms with Gasteiger partial charge in [0.1, 0.15) is 0 Å². The van der Waals surface area contributed by atoms with Crippen LogP contribution in [0.1, 0.15) is 32.1 Å². The zero-order valence-corrected chi connectivity index (χ0v) is 13.6. The molecular formula is C18H28N4. The molecule has 2 N–H and O–H groups in total. The van der Waals surface area contributed by atoms with Gasteiger partial charge in [-0.1, -0.05) is 24.6 Å². The van der Waals surface area contributed by atoms with E-state index in [9.17, 15) is 0 Å². The monoisotopic (exact) mass is 300 g/mol. The molecule has 120 valence electrons. The van der Waals surface area contributed by atoms with Gasteiger partial charge < -0.3 is 15.5 Å². The van der Waals surface area contributed by atoms with E-state index in [-0.39, 0.29) is 0 Å². The van der Waals surface area contributed by atoms with Crippen molar-refractivity contribution in [2.24, 2.45) is 10.4 Å². The molecule has 0 amide bonds. The van der Waals surface area contributed by atoms with E-state index in [1.165, 1.54) is 44.5 Å². The fraction of sp³-hybridized carbons (Fsp3) is 0.611. The summed E-state index contributed by atoms with van der Waals surface area (Å²) in [5.41, 5.74) is 1.82. The van der Waals surface area contributed by atoms with Gasteiger partial charge in [-0.05, 0) is 43.2 Å². The SMILES string of the molecule is CN=C(NCCCNc1ccccc1)N1CCC2(CCC2)C1. The first-order valence-electron chi connectivity index (χ1n) is 8.56. The number of hydrogen-bond donors (Lipinski definition) is 2. The first-order valence-corrected chi connectivity index (χ1v) is 8.56. The van der Waals surface area contributed by atoms with E-state index >= 15 is 0 Å². The van der Waals surface area contributed by atoms with Gasteiger partial charge in [-0.15, -0.1) is 0 Å². The molecule has 0 bridgehead atoms. The van der Waals surface area contributed by atoms with Crippen LogP contribution < -0.4 is 10.6 Å². The van der Waals surface area contributed by atoms with Crippen LogP contribution in [0.15, 0.2) is 35.3 Å². The largest absolute Gasteiger partial charge is 0.385 e. The fourth-order valence-corrected chi connectivity index (χ4v) is 3.61. The number of nitrogens with zero attached hydrogens (tertiary/aromatic N) is 2. The zero-order valence-electron chi connectivity index (χ0n) is 13.6. The number of guanidine groups is 1. The topological polar surface area (TPSA) is 39.7 Å². The van der Waals surface area contributed by atoms with E-state index in [1.54, 1.807) is 0 Å². The van der Waals surface area contributed by atoms with Crippen molar-refractivity contribution in [2.45, 2.75) is 32.1 Å². The maximum atomic E-state index is 4.46. The molecule has 3 rings (SSSR count). The highest BCUT2D eigenvalue weighted by molar-refractivity contribution is 5.80. The molecule has 0 atom stereocenters. The molecule has 1 aliphatic heterocycles. The molecule has 0 radical (unpaired) electrons. The van der Waals surface area contributed by atoms with Gasteiger partial charge >= 0.3 is 0 Å². The van der Waals surface area contributed by atoms with Crippen molar-refractivity contribution in [2.75, 3.05) is 38.5 Å². The van der Waals surface area contributed by atoms with Crippen molar-refractivity contribution < 1.29 is 0 Å². The highest BCUT2D eigenvalue weighted by Crippen LogP contribution is 2.47. The predicted octanol–water partition coefficient (Wildman–Crippen LogP) is 2.94. The van der Waals surface area contributed by atoms with Crippen LogP contribution in [0.25, 0.3) is 0 Å². The van der Waals surface area contributed by atoms with Gasteiger partial charge in [0.2, 0.25) is 0 Å². The lowest BCUT2D eigenvalue weighted by Crippen LogP contribution is -2.43. The minimum absolute atomic E-state index is 0.631. The second kappa shape index (κ2) is 7.03. The van der Waals surface area contributed by atoms with Gasteiger partial charge in [0, 0.05) is 38.9 Å². The lowest BCUT2D eigenvalue weighted by Gasteiger charge is -2.38. The molecule has 0 aromatic heterocycles. The Morgan fingerprint density at radius 3 is 2.64 bits per heavy atom. The average molecular weight is 300 g/mol. The number of benzene rings is 1. The second-order valence-electron chi connectivity index (χ2n) is 6.65. The molecule has 1 aromatic rings. The zero-order chi connectivity index (χ0) is 15.3. The fourth-order valence-electron chi connectivity index (χ4n) is 3.61. The molecule has 1 aromatic carbocycles. The molecular weight excluding hydrogens is 272 g/mol. The summed E-state index contributed by atoms with van der Waals surface area (Å²) in [6.45, 7) is 4.32. The summed E-state index contributed by atoms with van der Waals surface area (Å²) < 4.78 is 0. The van der Waals surface area contributed by atoms with Gasteiger partial charge in [0.05, 0.1) is 0 Å². The number of likely N-dealkylation sites (tertiary alicyclic amines) is 1. The summed E-state index contributed by atoms with van der Waals surface area (Å²) >= 11 is 0. The van der Waals surface area contributed by atoms with Gasteiger partial charge in [0.25, 0.3) is 0 Å². The second-order valence-corrected chi connectivity index (χ2v) is 6.65. The molecule has 4 heteroatoms. The van der Waals surface area contributed by atoms with Crippen LogP contribution in [0.2, 0.25) is 0 Å². The number of nitrogens with one attached hydrogen (secondary N) is 2. The van der Waals surface area contributed by atoms with E-state index in [4.69, 9.17) is 0 Å². The van der Waals surface area contributed by atoms with Gasteiger partial charge in [-0.3, -0.25) is 4.99 Å². The molecule has 0 unspecified atom stereocenters. The molecule has 22 heavy (non-hydrogen) atoms.